The fourth-order valence-electron chi connectivity index (χ4n) is 4.50. The Labute approximate surface area is 162 Å². The van der Waals surface area contributed by atoms with E-state index in [9.17, 15) is 9.50 Å². The quantitative estimate of drug-likeness (QED) is 0.726. The lowest BCUT2D eigenvalue weighted by Gasteiger charge is -2.33. The topological polar surface area (TPSA) is 70.9 Å². The van der Waals surface area contributed by atoms with E-state index >= 15 is 0 Å². The summed E-state index contributed by atoms with van der Waals surface area (Å²) in [6.45, 7) is 4.13. The van der Waals surface area contributed by atoms with Crippen LogP contribution in [0.1, 0.15) is 25.0 Å². The molecule has 4 heterocycles. The number of pyridine rings is 1. The Kier molecular flexibility index (Phi) is 4.09. The first-order valence-electron chi connectivity index (χ1n) is 9.60. The summed E-state index contributed by atoms with van der Waals surface area (Å²) in [5.74, 6) is -0.0967. The SMILES string of the molecule is C=C(c1ccc(-c2cc3ccncc3cc2O)nn1)[C@H]1C[C@@H]2CC[C@@H](N2)[C@@H]1F. The molecule has 2 N–H and O–H groups in total. The number of aromatic nitrogens is 3. The highest BCUT2D eigenvalue weighted by Crippen LogP contribution is 2.40. The maximum Gasteiger partial charge on any atom is 0.125 e. The number of phenolic OH excluding ortho intramolecular Hbond substituents is 1. The summed E-state index contributed by atoms with van der Waals surface area (Å²) in [6, 6.07) is 9.34. The van der Waals surface area contributed by atoms with Gasteiger partial charge in [0.2, 0.25) is 0 Å². The number of hydrogen-bond donors (Lipinski definition) is 2. The third kappa shape index (κ3) is 2.85. The molecule has 2 aliphatic rings. The van der Waals surface area contributed by atoms with Crippen LogP contribution in [0.5, 0.6) is 5.75 Å². The van der Waals surface area contributed by atoms with Gasteiger partial charge in [0.15, 0.2) is 0 Å². The van der Waals surface area contributed by atoms with E-state index < -0.39 is 6.17 Å². The fourth-order valence-corrected chi connectivity index (χ4v) is 4.50. The highest BCUT2D eigenvalue weighted by atomic mass is 19.1. The number of fused-ring (bicyclic) bond motifs is 3. The molecule has 0 unspecified atom stereocenters. The number of rotatable bonds is 3. The number of alkyl halides is 1. The average molecular weight is 376 g/mol. The van der Waals surface area contributed by atoms with Gasteiger partial charge in [-0.25, -0.2) is 4.39 Å². The molecule has 0 amide bonds. The molecule has 1 aromatic carbocycles. The molecule has 0 spiro atoms. The van der Waals surface area contributed by atoms with Crippen LogP contribution in [0.2, 0.25) is 0 Å². The molecule has 0 aliphatic carbocycles. The Hall–Kier alpha value is -2.86. The first-order valence-corrected chi connectivity index (χ1v) is 9.60. The molecular weight excluding hydrogens is 355 g/mol. The Morgan fingerprint density at radius 1 is 1.14 bits per heavy atom. The maximum atomic E-state index is 14.8. The largest absolute Gasteiger partial charge is 0.507 e. The first-order chi connectivity index (χ1) is 13.6. The van der Waals surface area contributed by atoms with Gasteiger partial charge in [-0.05, 0) is 60.6 Å². The summed E-state index contributed by atoms with van der Waals surface area (Å²) in [5.41, 5.74) is 2.49. The van der Waals surface area contributed by atoms with Crippen LogP contribution in [0.25, 0.3) is 27.6 Å². The lowest BCUT2D eigenvalue weighted by Crippen LogP contribution is -2.47. The smallest absolute Gasteiger partial charge is 0.125 e. The Bertz CT molecular complexity index is 1050. The molecular formula is C22H21FN4O. The minimum atomic E-state index is -0.939. The van der Waals surface area contributed by atoms with Crippen LogP contribution in [0, 0.1) is 5.92 Å². The first kappa shape index (κ1) is 17.3. The number of nitrogens with one attached hydrogen (secondary N) is 1. The summed E-state index contributed by atoms with van der Waals surface area (Å²) < 4.78 is 14.8. The van der Waals surface area contributed by atoms with Gasteiger partial charge in [-0.1, -0.05) is 6.58 Å². The number of allylic oxidation sites excluding steroid dienone is 1. The number of nitrogens with zero attached hydrogens (tertiary/aromatic N) is 3. The van der Waals surface area contributed by atoms with Crippen LogP contribution in [-0.4, -0.2) is 38.5 Å². The predicted octanol–water partition coefficient (Wildman–Crippen LogP) is 3.89. The number of piperidine rings is 1. The van der Waals surface area contributed by atoms with Gasteiger partial charge >= 0.3 is 0 Å². The zero-order valence-corrected chi connectivity index (χ0v) is 15.3. The molecule has 2 aromatic heterocycles. The molecule has 5 nitrogen and oxygen atoms in total. The molecule has 5 rings (SSSR count). The zero-order valence-electron chi connectivity index (χ0n) is 15.3. The lowest BCUT2D eigenvalue weighted by atomic mass is 9.83. The second kappa shape index (κ2) is 6.63. The molecule has 28 heavy (non-hydrogen) atoms. The zero-order chi connectivity index (χ0) is 19.3. The van der Waals surface area contributed by atoms with Crippen molar-refractivity contribution in [3.63, 3.8) is 0 Å². The van der Waals surface area contributed by atoms with E-state index in [0.29, 0.717) is 28.6 Å². The second-order valence-corrected chi connectivity index (χ2v) is 7.76. The van der Waals surface area contributed by atoms with E-state index in [-0.39, 0.29) is 17.7 Å². The number of benzene rings is 1. The van der Waals surface area contributed by atoms with Gasteiger partial charge in [0.05, 0.1) is 11.4 Å². The van der Waals surface area contributed by atoms with Gasteiger partial charge < -0.3 is 10.4 Å². The van der Waals surface area contributed by atoms with E-state index in [2.05, 4.69) is 27.1 Å². The van der Waals surface area contributed by atoms with Crippen molar-refractivity contribution in [3.8, 4) is 17.0 Å². The highest BCUT2D eigenvalue weighted by Gasteiger charge is 2.43. The van der Waals surface area contributed by atoms with Crippen molar-refractivity contribution < 1.29 is 9.50 Å². The molecule has 2 aliphatic heterocycles. The monoisotopic (exact) mass is 376 g/mol. The molecule has 0 saturated carbocycles. The molecule has 4 atom stereocenters. The van der Waals surface area contributed by atoms with Crippen molar-refractivity contribution in [2.75, 3.05) is 0 Å². The van der Waals surface area contributed by atoms with E-state index in [4.69, 9.17) is 0 Å². The van der Waals surface area contributed by atoms with Crippen molar-refractivity contribution in [3.05, 3.63) is 55.0 Å². The summed E-state index contributed by atoms with van der Waals surface area (Å²) in [7, 11) is 0. The Balaban J connectivity index is 1.43. The summed E-state index contributed by atoms with van der Waals surface area (Å²) in [5, 5.41) is 24.1. The van der Waals surface area contributed by atoms with Crippen molar-refractivity contribution in [2.45, 2.75) is 37.5 Å². The van der Waals surface area contributed by atoms with Crippen molar-refractivity contribution in [1.82, 2.24) is 20.5 Å². The van der Waals surface area contributed by atoms with Gasteiger partial charge in [-0.15, -0.1) is 5.10 Å². The second-order valence-electron chi connectivity index (χ2n) is 7.76. The van der Waals surface area contributed by atoms with Crippen LogP contribution in [0.4, 0.5) is 4.39 Å². The standard InChI is InChI=1S/C22H21FN4O/c1-12(16-10-15-2-3-20(25-15)22(16)23)18-4-5-19(27-26-18)17-8-13-6-7-24-11-14(13)9-21(17)28/h4-9,11,15-16,20,22,25,28H,1-3,10H2/t15-,16+,20+,22+/m0/s1. The van der Waals surface area contributed by atoms with Gasteiger partial charge in [0, 0.05) is 41.3 Å². The van der Waals surface area contributed by atoms with Crippen molar-refractivity contribution in [2.24, 2.45) is 5.92 Å². The third-order valence-electron chi connectivity index (χ3n) is 6.06. The van der Waals surface area contributed by atoms with Crippen LogP contribution >= 0.6 is 0 Å². The fraction of sp³-hybridized carbons (Fsp3) is 0.318. The Morgan fingerprint density at radius 2 is 2.04 bits per heavy atom. The number of aromatic hydroxyl groups is 1. The van der Waals surface area contributed by atoms with Gasteiger partial charge in [-0.2, -0.15) is 5.10 Å². The predicted molar refractivity (Wildman–Crippen MR) is 106 cm³/mol. The molecule has 142 valence electrons. The highest BCUT2D eigenvalue weighted by molar-refractivity contribution is 5.89. The molecule has 3 aromatic rings. The third-order valence-corrected chi connectivity index (χ3v) is 6.06. The lowest BCUT2D eigenvalue weighted by molar-refractivity contribution is 0.167. The van der Waals surface area contributed by atoms with Gasteiger partial charge in [-0.3, -0.25) is 4.98 Å². The molecule has 2 bridgehead atoms. The van der Waals surface area contributed by atoms with Crippen LogP contribution < -0.4 is 5.32 Å². The minimum Gasteiger partial charge on any atom is -0.507 e. The van der Waals surface area contributed by atoms with Crippen molar-refractivity contribution >= 4 is 16.3 Å². The molecule has 6 heteroatoms. The summed E-state index contributed by atoms with van der Waals surface area (Å²) in [6.07, 6.45) is 5.14. The summed E-state index contributed by atoms with van der Waals surface area (Å²) in [4.78, 5) is 4.07. The molecule has 2 fully saturated rings. The van der Waals surface area contributed by atoms with E-state index in [1.807, 2.05) is 18.2 Å². The number of halogens is 1. The number of hydrogen-bond acceptors (Lipinski definition) is 5. The van der Waals surface area contributed by atoms with E-state index in [1.54, 1.807) is 24.5 Å². The van der Waals surface area contributed by atoms with E-state index in [1.165, 1.54) is 0 Å². The minimum absolute atomic E-state index is 0.0724. The molecule has 2 saturated heterocycles. The number of phenols is 1. The summed E-state index contributed by atoms with van der Waals surface area (Å²) >= 11 is 0. The van der Waals surface area contributed by atoms with Crippen LogP contribution in [0.3, 0.4) is 0 Å². The van der Waals surface area contributed by atoms with Gasteiger partial charge in [0.1, 0.15) is 11.9 Å². The Morgan fingerprint density at radius 3 is 2.86 bits per heavy atom. The van der Waals surface area contributed by atoms with Crippen molar-refractivity contribution in [1.29, 1.82) is 0 Å². The van der Waals surface area contributed by atoms with Crippen LogP contribution in [0.15, 0.2) is 49.3 Å². The van der Waals surface area contributed by atoms with Crippen LogP contribution in [-0.2, 0) is 0 Å². The normalized spacial score (nSPS) is 26.5. The van der Waals surface area contributed by atoms with Gasteiger partial charge in [0.25, 0.3) is 0 Å². The average Bonchev–Trinajstić information content (AvgIpc) is 3.13. The maximum absolute atomic E-state index is 14.8. The van der Waals surface area contributed by atoms with E-state index in [0.717, 1.165) is 30.0 Å². The molecule has 0 radical (unpaired) electrons.